The van der Waals surface area contributed by atoms with E-state index in [2.05, 4.69) is 12.2 Å². The summed E-state index contributed by atoms with van der Waals surface area (Å²) < 4.78 is 0. The number of rotatable bonds is 2. The average Bonchev–Trinajstić information content (AvgIpc) is 2.84. The first-order valence-electron chi connectivity index (χ1n) is 5.79. The summed E-state index contributed by atoms with van der Waals surface area (Å²) in [5, 5.41) is 2.72. The van der Waals surface area contributed by atoms with Gasteiger partial charge in [0.05, 0.1) is 5.92 Å². The lowest BCUT2D eigenvalue weighted by Gasteiger charge is -2.25. The lowest BCUT2D eigenvalue weighted by Crippen LogP contribution is -2.40. The highest BCUT2D eigenvalue weighted by molar-refractivity contribution is 5.89. The first kappa shape index (κ1) is 10.5. The molecule has 2 aliphatic rings. The van der Waals surface area contributed by atoms with Crippen LogP contribution in [0.25, 0.3) is 0 Å². The van der Waals surface area contributed by atoms with Gasteiger partial charge in [0.25, 0.3) is 0 Å². The summed E-state index contributed by atoms with van der Waals surface area (Å²) in [7, 11) is 0. The van der Waals surface area contributed by atoms with Crippen molar-refractivity contribution in [1.82, 2.24) is 10.2 Å². The number of hydrogen-bond acceptors (Lipinski definition) is 2. The van der Waals surface area contributed by atoms with Gasteiger partial charge in [0.1, 0.15) is 0 Å². The van der Waals surface area contributed by atoms with E-state index in [4.69, 9.17) is 0 Å². The van der Waals surface area contributed by atoms with Gasteiger partial charge >= 0.3 is 0 Å². The van der Waals surface area contributed by atoms with E-state index in [0.717, 1.165) is 25.8 Å². The monoisotopic (exact) mass is 210 g/mol. The number of likely N-dealkylation sites (tertiary alicyclic amines) is 1. The zero-order chi connectivity index (χ0) is 10.8. The quantitative estimate of drug-likeness (QED) is 0.722. The number of carbonyl (C=O) groups is 2. The molecule has 0 aliphatic carbocycles. The lowest BCUT2D eigenvalue weighted by molar-refractivity contribution is -0.136. The third-order valence-electron chi connectivity index (χ3n) is 3.46. The standard InChI is InChI=1S/C11H18N2O2/c1-2-9-4-3-5-13(9)11(15)8-6-10(14)12-7-8/h8-9H,2-7H2,1H3,(H,12,14). The van der Waals surface area contributed by atoms with Crippen LogP contribution in [0.5, 0.6) is 0 Å². The molecular formula is C11H18N2O2. The van der Waals surface area contributed by atoms with Crippen molar-refractivity contribution >= 4 is 11.8 Å². The van der Waals surface area contributed by atoms with Crippen molar-refractivity contribution in [3.05, 3.63) is 0 Å². The number of hydrogen-bond donors (Lipinski definition) is 1. The molecule has 0 aromatic rings. The zero-order valence-electron chi connectivity index (χ0n) is 9.16. The van der Waals surface area contributed by atoms with Crippen LogP contribution in [-0.2, 0) is 9.59 Å². The Bertz CT molecular complexity index is 278. The van der Waals surface area contributed by atoms with Crippen LogP contribution >= 0.6 is 0 Å². The van der Waals surface area contributed by atoms with E-state index in [0.29, 0.717) is 19.0 Å². The van der Waals surface area contributed by atoms with Crippen molar-refractivity contribution in [2.75, 3.05) is 13.1 Å². The van der Waals surface area contributed by atoms with Gasteiger partial charge in [-0.05, 0) is 19.3 Å². The SMILES string of the molecule is CCC1CCCN1C(=O)C1CNC(=O)C1. The molecule has 2 rings (SSSR count). The van der Waals surface area contributed by atoms with Crippen LogP contribution in [0.1, 0.15) is 32.6 Å². The van der Waals surface area contributed by atoms with Crippen LogP contribution in [0, 0.1) is 5.92 Å². The second kappa shape index (κ2) is 4.21. The molecule has 2 atom stereocenters. The van der Waals surface area contributed by atoms with E-state index < -0.39 is 0 Å². The van der Waals surface area contributed by atoms with Gasteiger partial charge in [-0.1, -0.05) is 6.92 Å². The van der Waals surface area contributed by atoms with Gasteiger partial charge in [-0.2, -0.15) is 0 Å². The lowest BCUT2D eigenvalue weighted by atomic mass is 10.1. The third-order valence-corrected chi connectivity index (χ3v) is 3.46. The Balaban J connectivity index is 1.98. The topological polar surface area (TPSA) is 49.4 Å². The molecule has 0 aromatic heterocycles. The summed E-state index contributed by atoms with van der Waals surface area (Å²) in [6.07, 6.45) is 3.64. The van der Waals surface area contributed by atoms with Gasteiger partial charge in [0, 0.05) is 25.6 Å². The normalized spacial score (nSPS) is 30.7. The molecule has 0 spiro atoms. The Labute approximate surface area is 90.0 Å². The van der Waals surface area contributed by atoms with Crippen molar-refractivity contribution < 1.29 is 9.59 Å². The summed E-state index contributed by atoms with van der Waals surface area (Å²) in [5.74, 6) is 0.0861. The second-order valence-electron chi connectivity index (χ2n) is 4.44. The third kappa shape index (κ3) is 1.98. The van der Waals surface area contributed by atoms with E-state index in [1.54, 1.807) is 0 Å². The van der Waals surface area contributed by atoms with Gasteiger partial charge in [-0.15, -0.1) is 0 Å². The van der Waals surface area contributed by atoms with Crippen LogP contribution in [0.2, 0.25) is 0 Å². The maximum atomic E-state index is 12.1. The molecule has 84 valence electrons. The Kier molecular flexibility index (Phi) is 2.93. The average molecular weight is 210 g/mol. The molecule has 0 saturated carbocycles. The molecule has 2 unspecified atom stereocenters. The Morgan fingerprint density at radius 3 is 3.00 bits per heavy atom. The summed E-state index contributed by atoms with van der Waals surface area (Å²) in [6.45, 7) is 3.53. The summed E-state index contributed by atoms with van der Waals surface area (Å²) in [6, 6.07) is 0.410. The number of nitrogens with one attached hydrogen (secondary N) is 1. The fourth-order valence-electron chi connectivity index (χ4n) is 2.56. The van der Waals surface area contributed by atoms with Crippen molar-refractivity contribution in [2.24, 2.45) is 5.92 Å². The van der Waals surface area contributed by atoms with Crippen molar-refractivity contribution in [3.8, 4) is 0 Å². The molecule has 0 aromatic carbocycles. The Hall–Kier alpha value is -1.06. The highest BCUT2D eigenvalue weighted by atomic mass is 16.2. The van der Waals surface area contributed by atoms with Crippen LogP contribution in [0.4, 0.5) is 0 Å². The minimum Gasteiger partial charge on any atom is -0.355 e. The van der Waals surface area contributed by atoms with E-state index in [1.807, 2.05) is 4.90 Å². The fourth-order valence-corrected chi connectivity index (χ4v) is 2.56. The smallest absolute Gasteiger partial charge is 0.228 e. The van der Waals surface area contributed by atoms with Gasteiger partial charge in [0.15, 0.2) is 0 Å². The van der Waals surface area contributed by atoms with Crippen LogP contribution < -0.4 is 5.32 Å². The molecule has 15 heavy (non-hydrogen) atoms. The van der Waals surface area contributed by atoms with Gasteiger partial charge in [-0.25, -0.2) is 0 Å². The molecular weight excluding hydrogens is 192 g/mol. The van der Waals surface area contributed by atoms with Crippen LogP contribution in [-0.4, -0.2) is 35.8 Å². The molecule has 2 fully saturated rings. The van der Waals surface area contributed by atoms with E-state index in [-0.39, 0.29) is 17.7 Å². The van der Waals surface area contributed by atoms with Crippen molar-refractivity contribution in [3.63, 3.8) is 0 Å². The first-order valence-corrected chi connectivity index (χ1v) is 5.79. The zero-order valence-corrected chi connectivity index (χ0v) is 9.16. The first-order chi connectivity index (χ1) is 7.22. The second-order valence-corrected chi connectivity index (χ2v) is 4.44. The number of carbonyl (C=O) groups excluding carboxylic acids is 2. The molecule has 2 aliphatic heterocycles. The summed E-state index contributed by atoms with van der Waals surface area (Å²) in [4.78, 5) is 25.1. The van der Waals surface area contributed by atoms with Gasteiger partial charge < -0.3 is 10.2 Å². The summed E-state index contributed by atoms with van der Waals surface area (Å²) >= 11 is 0. The predicted molar refractivity (Wildman–Crippen MR) is 56.1 cm³/mol. The van der Waals surface area contributed by atoms with Crippen LogP contribution in [0.3, 0.4) is 0 Å². The molecule has 0 bridgehead atoms. The molecule has 2 amide bonds. The fraction of sp³-hybridized carbons (Fsp3) is 0.818. The minimum absolute atomic E-state index is 0.0144. The molecule has 4 heteroatoms. The van der Waals surface area contributed by atoms with E-state index >= 15 is 0 Å². The maximum Gasteiger partial charge on any atom is 0.228 e. The van der Waals surface area contributed by atoms with Gasteiger partial charge in [0.2, 0.25) is 11.8 Å². The predicted octanol–water partition coefficient (Wildman–Crippen LogP) is 0.524. The molecule has 1 N–H and O–H groups in total. The van der Waals surface area contributed by atoms with Crippen molar-refractivity contribution in [2.45, 2.75) is 38.6 Å². The van der Waals surface area contributed by atoms with Crippen molar-refractivity contribution in [1.29, 1.82) is 0 Å². The Morgan fingerprint density at radius 1 is 1.60 bits per heavy atom. The van der Waals surface area contributed by atoms with Crippen LogP contribution in [0.15, 0.2) is 0 Å². The maximum absolute atomic E-state index is 12.1. The molecule has 2 heterocycles. The highest BCUT2D eigenvalue weighted by Gasteiger charge is 2.35. The van der Waals surface area contributed by atoms with E-state index in [9.17, 15) is 9.59 Å². The molecule has 4 nitrogen and oxygen atoms in total. The molecule has 2 saturated heterocycles. The number of nitrogens with zero attached hydrogens (tertiary/aromatic N) is 1. The number of amides is 2. The molecule has 0 radical (unpaired) electrons. The summed E-state index contributed by atoms with van der Waals surface area (Å²) in [5.41, 5.74) is 0. The Morgan fingerprint density at radius 2 is 2.40 bits per heavy atom. The highest BCUT2D eigenvalue weighted by Crippen LogP contribution is 2.23. The minimum atomic E-state index is -0.107. The largest absolute Gasteiger partial charge is 0.355 e. The van der Waals surface area contributed by atoms with E-state index in [1.165, 1.54) is 0 Å². The van der Waals surface area contributed by atoms with Gasteiger partial charge in [-0.3, -0.25) is 9.59 Å².